The molecule has 1 aliphatic rings. The molecular formula is C14H17NO3. The molecule has 2 rings (SSSR count). The second-order valence-electron chi connectivity index (χ2n) is 4.64. The third-order valence-electron chi connectivity index (χ3n) is 3.30. The Morgan fingerprint density at radius 1 is 1.28 bits per heavy atom. The van der Waals surface area contributed by atoms with Crippen molar-refractivity contribution in [3.63, 3.8) is 0 Å². The number of Topliss-reactive ketones (excluding diaryl/α,β-unsaturated/α-hetero) is 1. The van der Waals surface area contributed by atoms with Crippen molar-refractivity contribution in [3.05, 3.63) is 35.9 Å². The molecule has 4 nitrogen and oxygen atoms in total. The van der Waals surface area contributed by atoms with Gasteiger partial charge in [0.05, 0.1) is 6.42 Å². The predicted octanol–water partition coefficient (Wildman–Crippen LogP) is 1.10. The molecule has 4 heteroatoms. The number of ketones is 1. The highest BCUT2D eigenvalue weighted by molar-refractivity contribution is 6.07. The molecule has 1 saturated heterocycles. The molecule has 18 heavy (non-hydrogen) atoms. The molecule has 1 amide bonds. The summed E-state index contributed by atoms with van der Waals surface area (Å²) in [5.41, 5.74) is 0.573. The van der Waals surface area contributed by atoms with Crippen LogP contribution in [0.5, 0.6) is 0 Å². The van der Waals surface area contributed by atoms with E-state index in [-0.39, 0.29) is 30.6 Å². The Balaban J connectivity index is 1.90. The van der Waals surface area contributed by atoms with E-state index in [2.05, 4.69) is 0 Å². The summed E-state index contributed by atoms with van der Waals surface area (Å²) in [5.74, 6) is -0.117. The van der Waals surface area contributed by atoms with Gasteiger partial charge in [-0.25, -0.2) is 0 Å². The highest BCUT2D eigenvalue weighted by Gasteiger charge is 2.26. The SMILES string of the molecule is O=C(CC(=O)N1CCC(CO)C1)c1ccccc1. The van der Waals surface area contributed by atoms with E-state index in [4.69, 9.17) is 5.11 Å². The van der Waals surface area contributed by atoms with Crippen molar-refractivity contribution in [2.75, 3.05) is 19.7 Å². The molecule has 1 aromatic rings. The number of carbonyl (C=O) groups excluding carboxylic acids is 2. The number of benzene rings is 1. The average Bonchev–Trinajstić information content (AvgIpc) is 2.88. The van der Waals surface area contributed by atoms with Crippen molar-refractivity contribution in [1.82, 2.24) is 4.90 Å². The minimum Gasteiger partial charge on any atom is -0.396 e. The van der Waals surface area contributed by atoms with Crippen molar-refractivity contribution < 1.29 is 14.7 Å². The Bertz CT molecular complexity index is 430. The van der Waals surface area contributed by atoms with E-state index in [1.54, 1.807) is 29.2 Å². The van der Waals surface area contributed by atoms with Crippen LogP contribution in [0.1, 0.15) is 23.2 Å². The van der Waals surface area contributed by atoms with E-state index in [1.165, 1.54) is 0 Å². The van der Waals surface area contributed by atoms with Gasteiger partial charge in [-0.1, -0.05) is 30.3 Å². The maximum Gasteiger partial charge on any atom is 0.230 e. The average molecular weight is 247 g/mol. The van der Waals surface area contributed by atoms with Crippen LogP contribution in [0, 0.1) is 5.92 Å². The van der Waals surface area contributed by atoms with Crippen LogP contribution in [0.2, 0.25) is 0 Å². The fourth-order valence-electron chi connectivity index (χ4n) is 2.18. The lowest BCUT2D eigenvalue weighted by Crippen LogP contribution is -2.30. The third kappa shape index (κ3) is 2.96. The van der Waals surface area contributed by atoms with Crippen LogP contribution >= 0.6 is 0 Å². The number of rotatable bonds is 4. The molecule has 0 bridgehead atoms. The largest absolute Gasteiger partial charge is 0.396 e. The summed E-state index contributed by atoms with van der Waals surface area (Å²) in [5, 5.41) is 9.02. The second kappa shape index (κ2) is 5.78. The fraction of sp³-hybridized carbons (Fsp3) is 0.429. The summed E-state index contributed by atoms with van der Waals surface area (Å²) in [6.45, 7) is 1.32. The van der Waals surface area contributed by atoms with Crippen molar-refractivity contribution in [2.24, 2.45) is 5.92 Å². The normalized spacial score (nSPS) is 18.9. The van der Waals surface area contributed by atoms with Crippen LogP contribution < -0.4 is 0 Å². The minimum atomic E-state index is -0.145. The van der Waals surface area contributed by atoms with Crippen LogP contribution in [0.4, 0.5) is 0 Å². The Kier molecular flexibility index (Phi) is 4.10. The topological polar surface area (TPSA) is 57.6 Å². The molecular weight excluding hydrogens is 230 g/mol. The Morgan fingerprint density at radius 3 is 2.61 bits per heavy atom. The first-order chi connectivity index (χ1) is 8.70. The molecule has 96 valence electrons. The van der Waals surface area contributed by atoms with Crippen LogP contribution in [0.3, 0.4) is 0 Å². The summed E-state index contributed by atoms with van der Waals surface area (Å²) in [6.07, 6.45) is 0.740. The molecule has 1 aliphatic heterocycles. The van der Waals surface area contributed by atoms with E-state index in [0.717, 1.165) is 6.42 Å². The number of nitrogens with zero attached hydrogens (tertiary/aromatic N) is 1. The van der Waals surface area contributed by atoms with Gasteiger partial charge in [0, 0.05) is 31.2 Å². The number of hydrogen-bond acceptors (Lipinski definition) is 3. The quantitative estimate of drug-likeness (QED) is 0.640. The summed E-state index contributed by atoms with van der Waals surface area (Å²) in [4.78, 5) is 25.4. The van der Waals surface area contributed by atoms with E-state index >= 15 is 0 Å². The standard InChI is InChI=1S/C14H17NO3/c16-10-11-6-7-15(9-11)14(18)8-13(17)12-4-2-1-3-5-12/h1-5,11,16H,6-10H2. The molecule has 1 aromatic carbocycles. The van der Waals surface area contributed by atoms with Crippen molar-refractivity contribution in [3.8, 4) is 0 Å². The number of hydrogen-bond donors (Lipinski definition) is 1. The van der Waals surface area contributed by atoms with Crippen molar-refractivity contribution in [2.45, 2.75) is 12.8 Å². The van der Waals surface area contributed by atoms with E-state index in [9.17, 15) is 9.59 Å². The number of amides is 1. The Labute approximate surface area is 106 Å². The van der Waals surface area contributed by atoms with Crippen LogP contribution in [-0.4, -0.2) is 41.4 Å². The maximum atomic E-state index is 11.9. The number of likely N-dealkylation sites (tertiary alicyclic amines) is 1. The summed E-state index contributed by atoms with van der Waals surface area (Å²) < 4.78 is 0. The first-order valence-corrected chi connectivity index (χ1v) is 6.17. The molecule has 1 unspecified atom stereocenters. The fourth-order valence-corrected chi connectivity index (χ4v) is 2.18. The van der Waals surface area contributed by atoms with Gasteiger partial charge in [0.25, 0.3) is 0 Å². The van der Waals surface area contributed by atoms with Crippen molar-refractivity contribution >= 4 is 11.7 Å². The highest BCUT2D eigenvalue weighted by atomic mass is 16.3. The third-order valence-corrected chi connectivity index (χ3v) is 3.30. The molecule has 0 spiro atoms. The Hall–Kier alpha value is -1.68. The van der Waals surface area contributed by atoms with Gasteiger partial charge >= 0.3 is 0 Å². The first-order valence-electron chi connectivity index (χ1n) is 6.17. The molecule has 1 fully saturated rings. The molecule has 0 saturated carbocycles. The molecule has 1 atom stereocenters. The summed E-state index contributed by atoms with van der Waals surface area (Å²) >= 11 is 0. The molecule has 0 aliphatic carbocycles. The predicted molar refractivity (Wildman–Crippen MR) is 67.2 cm³/mol. The van der Waals surface area contributed by atoms with Crippen LogP contribution in [0.25, 0.3) is 0 Å². The zero-order valence-corrected chi connectivity index (χ0v) is 10.2. The molecule has 0 aromatic heterocycles. The smallest absolute Gasteiger partial charge is 0.230 e. The number of carbonyl (C=O) groups is 2. The van der Waals surface area contributed by atoms with Gasteiger partial charge in [0.2, 0.25) is 5.91 Å². The summed E-state index contributed by atoms with van der Waals surface area (Å²) in [7, 11) is 0. The lowest BCUT2D eigenvalue weighted by Gasteiger charge is -2.15. The zero-order valence-electron chi connectivity index (χ0n) is 10.2. The van der Waals surface area contributed by atoms with E-state index in [1.807, 2.05) is 6.07 Å². The second-order valence-corrected chi connectivity index (χ2v) is 4.64. The molecule has 1 heterocycles. The van der Waals surface area contributed by atoms with Crippen LogP contribution in [-0.2, 0) is 4.79 Å². The molecule has 0 radical (unpaired) electrons. The molecule has 1 N–H and O–H groups in total. The van der Waals surface area contributed by atoms with E-state index < -0.39 is 0 Å². The maximum absolute atomic E-state index is 11.9. The van der Waals surface area contributed by atoms with Gasteiger partial charge in [0.1, 0.15) is 0 Å². The Morgan fingerprint density at radius 2 is 2.00 bits per heavy atom. The minimum absolute atomic E-state index is 0.0812. The van der Waals surface area contributed by atoms with Gasteiger partial charge in [-0.2, -0.15) is 0 Å². The van der Waals surface area contributed by atoms with Gasteiger partial charge in [-0.05, 0) is 6.42 Å². The lowest BCUT2D eigenvalue weighted by molar-refractivity contribution is -0.129. The number of aliphatic hydroxyl groups is 1. The zero-order chi connectivity index (χ0) is 13.0. The number of aliphatic hydroxyl groups excluding tert-OH is 1. The summed E-state index contributed by atoms with van der Waals surface area (Å²) in [6, 6.07) is 8.85. The van der Waals surface area contributed by atoms with Gasteiger partial charge in [0.15, 0.2) is 5.78 Å². The van der Waals surface area contributed by atoms with Crippen molar-refractivity contribution in [1.29, 1.82) is 0 Å². The van der Waals surface area contributed by atoms with Gasteiger partial charge in [-0.15, -0.1) is 0 Å². The van der Waals surface area contributed by atoms with Gasteiger partial charge in [-0.3, -0.25) is 9.59 Å². The highest BCUT2D eigenvalue weighted by Crippen LogP contribution is 2.17. The van der Waals surface area contributed by atoms with Crippen LogP contribution in [0.15, 0.2) is 30.3 Å². The van der Waals surface area contributed by atoms with E-state index in [0.29, 0.717) is 18.7 Å². The van der Waals surface area contributed by atoms with Gasteiger partial charge < -0.3 is 10.0 Å². The first kappa shape index (κ1) is 12.8. The lowest BCUT2D eigenvalue weighted by atomic mass is 10.1. The monoisotopic (exact) mass is 247 g/mol.